The molecule has 6 heterocycles. The van der Waals surface area contributed by atoms with E-state index in [1.54, 1.807) is 6.33 Å². The molecule has 35 heavy (non-hydrogen) atoms. The number of hydrogen-bond donors (Lipinski definition) is 2. The normalized spacial score (nSPS) is 22.7. The van der Waals surface area contributed by atoms with Gasteiger partial charge < -0.3 is 10.7 Å². The number of thiophene rings is 1. The number of aryl methyl sites for hydroxylation is 2. The maximum atomic E-state index is 11.6. The number of nitrogens with two attached hydrogens (primary N) is 1. The standard InChI is InChI=1S/C27H34N6OS/c1-13(2)22-23-16(5)25(17-8-18-6-7-19(9-17)32(18)11-21(28)34)35-27(23)31-24(22)20-10-33-26(29-12-30-33)15(4)14(20)3/h10,12-13,17-19,31H,6-9,11H2,1-5H3,(H2,28,34)/t18-,19-/m0/s1. The Morgan fingerprint density at radius 1 is 1.17 bits per heavy atom. The van der Waals surface area contributed by atoms with Crippen LogP contribution in [-0.4, -0.2) is 49.0 Å². The van der Waals surface area contributed by atoms with Gasteiger partial charge in [0.2, 0.25) is 5.91 Å². The van der Waals surface area contributed by atoms with Gasteiger partial charge in [0.15, 0.2) is 5.65 Å². The Bertz CT molecular complexity index is 1450. The summed E-state index contributed by atoms with van der Waals surface area (Å²) in [6.45, 7) is 11.6. The van der Waals surface area contributed by atoms with Crippen LogP contribution >= 0.6 is 11.3 Å². The number of rotatable bonds is 5. The summed E-state index contributed by atoms with van der Waals surface area (Å²) in [5, 5.41) is 5.82. The minimum Gasteiger partial charge on any atom is -0.369 e. The Balaban J connectivity index is 1.43. The highest BCUT2D eigenvalue weighted by Crippen LogP contribution is 2.50. The molecule has 0 spiro atoms. The lowest BCUT2D eigenvalue weighted by Crippen LogP contribution is -2.46. The molecule has 0 radical (unpaired) electrons. The van der Waals surface area contributed by atoms with Gasteiger partial charge in [-0.2, -0.15) is 5.10 Å². The quantitative estimate of drug-likeness (QED) is 0.403. The van der Waals surface area contributed by atoms with Crippen LogP contribution in [0.2, 0.25) is 0 Å². The molecule has 0 aromatic carbocycles. The zero-order valence-corrected chi connectivity index (χ0v) is 22.0. The second kappa shape index (κ2) is 8.17. The summed E-state index contributed by atoms with van der Waals surface area (Å²) in [7, 11) is 0. The van der Waals surface area contributed by atoms with Crippen molar-refractivity contribution in [2.24, 2.45) is 5.73 Å². The largest absolute Gasteiger partial charge is 0.369 e. The van der Waals surface area contributed by atoms with E-state index in [1.807, 2.05) is 15.9 Å². The Morgan fingerprint density at radius 2 is 1.89 bits per heavy atom. The van der Waals surface area contributed by atoms with Crippen molar-refractivity contribution in [3.63, 3.8) is 0 Å². The van der Waals surface area contributed by atoms with E-state index in [-0.39, 0.29) is 5.91 Å². The van der Waals surface area contributed by atoms with E-state index in [0.29, 0.717) is 30.5 Å². The minimum atomic E-state index is -0.204. The van der Waals surface area contributed by atoms with Crippen molar-refractivity contribution in [3.05, 3.63) is 39.7 Å². The molecule has 2 fully saturated rings. The number of nitrogens with zero attached hydrogens (tertiary/aromatic N) is 4. The van der Waals surface area contributed by atoms with Crippen LogP contribution in [0.1, 0.15) is 78.5 Å². The zero-order chi connectivity index (χ0) is 24.6. The van der Waals surface area contributed by atoms with Gasteiger partial charge in [0.05, 0.1) is 12.2 Å². The van der Waals surface area contributed by atoms with Crippen molar-refractivity contribution in [1.82, 2.24) is 24.5 Å². The van der Waals surface area contributed by atoms with Crippen molar-refractivity contribution < 1.29 is 4.79 Å². The Labute approximate surface area is 209 Å². The summed E-state index contributed by atoms with van der Waals surface area (Å²) < 4.78 is 1.89. The van der Waals surface area contributed by atoms with Crippen LogP contribution in [0.5, 0.6) is 0 Å². The summed E-state index contributed by atoms with van der Waals surface area (Å²) in [6, 6.07) is 0.956. The fourth-order valence-electron chi connectivity index (χ4n) is 6.81. The van der Waals surface area contributed by atoms with Crippen LogP contribution in [0.25, 0.3) is 27.1 Å². The third kappa shape index (κ3) is 3.44. The smallest absolute Gasteiger partial charge is 0.231 e. The molecular formula is C27H34N6OS. The van der Waals surface area contributed by atoms with Crippen LogP contribution in [-0.2, 0) is 4.79 Å². The first-order valence-electron chi connectivity index (χ1n) is 12.7. The van der Waals surface area contributed by atoms with E-state index in [4.69, 9.17) is 5.73 Å². The van der Waals surface area contributed by atoms with E-state index in [0.717, 1.165) is 18.5 Å². The Hall–Kier alpha value is -2.71. The van der Waals surface area contributed by atoms with Gasteiger partial charge in [-0.05, 0) is 80.5 Å². The van der Waals surface area contributed by atoms with E-state index in [9.17, 15) is 4.79 Å². The van der Waals surface area contributed by atoms with Gasteiger partial charge in [-0.15, -0.1) is 11.3 Å². The summed E-state index contributed by atoms with van der Waals surface area (Å²) in [5.74, 6) is 0.741. The lowest BCUT2D eigenvalue weighted by Gasteiger charge is -2.38. The first-order valence-corrected chi connectivity index (χ1v) is 13.5. The summed E-state index contributed by atoms with van der Waals surface area (Å²) in [5.41, 5.74) is 14.1. The first-order chi connectivity index (χ1) is 16.7. The molecule has 2 aliphatic heterocycles. The molecule has 6 rings (SSSR count). The molecule has 184 valence electrons. The Morgan fingerprint density at radius 3 is 2.54 bits per heavy atom. The third-order valence-electron chi connectivity index (χ3n) is 8.53. The van der Waals surface area contributed by atoms with Gasteiger partial charge in [-0.3, -0.25) is 9.69 Å². The number of H-pyrrole nitrogens is 1. The molecular weight excluding hydrogens is 456 g/mol. The van der Waals surface area contributed by atoms with Crippen LogP contribution < -0.4 is 5.73 Å². The SMILES string of the molecule is Cc1c(-c2[nH]c3sc(C4C[C@@H]5CC[C@@H](C4)N5CC(N)=O)c(C)c3c2C(C)C)cn2ncnc2c1C. The van der Waals surface area contributed by atoms with Crippen LogP contribution in [0.4, 0.5) is 0 Å². The molecule has 4 aromatic heterocycles. The fraction of sp³-hybridized carbons (Fsp3) is 0.519. The average molecular weight is 491 g/mol. The molecule has 1 amide bonds. The van der Waals surface area contributed by atoms with Gasteiger partial charge in [0, 0.05) is 34.1 Å². The topological polar surface area (TPSA) is 92.3 Å². The summed E-state index contributed by atoms with van der Waals surface area (Å²) >= 11 is 1.94. The van der Waals surface area contributed by atoms with E-state index >= 15 is 0 Å². The molecule has 2 atom stereocenters. The highest BCUT2D eigenvalue weighted by molar-refractivity contribution is 7.19. The lowest BCUT2D eigenvalue weighted by atomic mass is 9.86. The maximum absolute atomic E-state index is 11.6. The first kappa shape index (κ1) is 22.7. The number of carbonyl (C=O) groups excluding carboxylic acids is 1. The number of carbonyl (C=O) groups is 1. The molecule has 0 saturated carbocycles. The molecule has 2 bridgehead atoms. The van der Waals surface area contributed by atoms with Crippen molar-refractivity contribution in [1.29, 1.82) is 0 Å². The van der Waals surface area contributed by atoms with Crippen LogP contribution in [0, 0.1) is 20.8 Å². The fourth-order valence-corrected chi connectivity index (χ4v) is 8.16. The average Bonchev–Trinajstić information content (AvgIpc) is 3.53. The van der Waals surface area contributed by atoms with E-state index in [1.165, 1.54) is 61.4 Å². The second-order valence-corrected chi connectivity index (χ2v) is 11.9. The van der Waals surface area contributed by atoms with Crippen molar-refractivity contribution in [3.8, 4) is 11.3 Å². The van der Waals surface area contributed by atoms with Gasteiger partial charge in [0.25, 0.3) is 0 Å². The van der Waals surface area contributed by atoms with Crippen molar-refractivity contribution in [2.45, 2.75) is 84.2 Å². The lowest BCUT2D eigenvalue weighted by molar-refractivity contribution is -0.120. The van der Waals surface area contributed by atoms with Crippen LogP contribution in [0.15, 0.2) is 12.5 Å². The number of fused-ring (bicyclic) bond motifs is 4. The molecule has 0 aliphatic carbocycles. The number of nitrogens with one attached hydrogen (secondary N) is 1. The minimum absolute atomic E-state index is 0.204. The van der Waals surface area contributed by atoms with Crippen molar-refractivity contribution in [2.75, 3.05) is 6.54 Å². The monoisotopic (exact) mass is 490 g/mol. The number of amides is 1. The molecule has 3 N–H and O–H groups in total. The van der Waals surface area contributed by atoms with Gasteiger partial charge in [-0.1, -0.05) is 13.8 Å². The molecule has 2 saturated heterocycles. The van der Waals surface area contributed by atoms with Crippen LogP contribution in [0.3, 0.4) is 0 Å². The number of piperidine rings is 1. The summed E-state index contributed by atoms with van der Waals surface area (Å²) in [4.78, 5) is 25.0. The van der Waals surface area contributed by atoms with Gasteiger partial charge in [-0.25, -0.2) is 9.50 Å². The highest BCUT2D eigenvalue weighted by Gasteiger charge is 2.42. The third-order valence-corrected chi connectivity index (χ3v) is 9.90. The van der Waals surface area contributed by atoms with Gasteiger partial charge in [0.1, 0.15) is 11.2 Å². The predicted octanol–water partition coefficient (Wildman–Crippen LogP) is 5.18. The van der Waals surface area contributed by atoms with E-state index in [2.05, 4.69) is 60.8 Å². The number of pyridine rings is 1. The molecule has 2 aliphatic rings. The molecule has 4 aromatic rings. The predicted molar refractivity (Wildman–Crippen MR) is 141 cm³/mol. The number of aromatic nitrogens is 4. The summed E-state index contributed by atoms with van der Waals surface area (Å²) in [6.07, 6.45) is 8.36. The van der Waals surface area contributed by atoms with E-state index < -0.39 is 0 Å². The zero-order valence-electron chi connectivity index (χ0n) is 21.2. The van der Waals surface area contributed by atoms with Crippen molar-refractivity contribution >= 4 is 33.1 Å². The number of aromatic amines is 1. The Kier molecular flexibility index (Phi) is 5.30. The maximum Gasteiger partial charge on any atom is 0.231 e. The van der Waals surface area contributed by atoms with Gasteiger partial charge >= 0.3 is 0 Å². The second-order valence-electron chi connectivity index (χ2n) is 10.9. The molecule has 0 unspecified atom stereocenters. The molecule has 7 nitrogen and oxygen atoms in total. The number of primary amides is 1. The molecule has 8 heteroatoms. The number of hydrogen-bond acceptors (Lipinski definition) is 5. The highest BCUT2D eigenvalue weighted by atomic mass is 32.1.